The van der Waals surface area contributed by atoms with Gasteiger partial charge in [-0.15, -0.1) is 5.10 Å². The summed E-state index contributed by atoms with van der Waals surface area (Å²) in [7, 11) is 0. The molecule has 1 aliphatic heterocycles. The minimum Gasteiger partial charge on any atom is -0.489 e. The summed E-state index contributed by atoms with van der Waals surface area (Å²) in [5, 5.41) is 5.77. The fraction of sp³-hybridized carbons (Fsp3) is 0.167. The van der Waals surface area contributed by atoms with Gasteiger partial charge in [-0.25, -0.2) is 0 Å². The summed E-state index contributed by atoms with van der Waals surface area (Å²) < 4.78 is 12.0. The third kappa shape index (κ3) is 4.29. The summed E-state index contributed by atoms with van der Waals surface area (Å²) in [5.74, 6) is 0.954. The number of amides is 1. The number of rotatable bonds is 5. The molecule has 0 bridgehead atoms. The van der Waals surface area contributed by atoms with Crippen LogP contribution in [0.5, 0.6) is 5.75 Å². The maximum atomic E-state index is 12.2. The van der Waals surface area contributed by atoms with Gasteiger partial charge in [0.1, 0.15) is 12.4 Å². The van der Waals surface area contributed by atoms with Gasteiger partial charge in [0, 0.05) is 18.1 Å². The fourth-order valence-electron chi connectivity index (χ4n) is 3.10. The fourth-order valence-corrected chi connectivity index (χ4v) is 3.10. The Morgan fingerprint density at radius 3 is 2.52 bits per heavy atom. The average molecular weight is 386 g/mol. The summed E-state index contributed by atoms with van der Waals surface area (Å²) in [6.07, 6.45) is -0.621. The van der Waals surface area contributed by atoms with Gasteiger partial charge in [0.25, 0.3) is 0 Å². The van der Waals surface area contributed by atoms with E-state index in [4.69, 9.17) is 9.47 Å². The van der Waals surface area contributed by atoms with Gasteiger partial charge < -0.3 is 9.47 Å². The first-order valence-corrected chi connectivity index (χ1v) is 9.49. The molecule has 1 heterocycles. The quantitative estimate of drug-likeness (QED) is 0.632. The lowest BCUT2D eigenvalue weighted by Gasteiger charge is -2.20. The van der Waals surface area contributed by atoms with Crippen molar-refractivity contribution in [3.63, 3.8) is 0 Å². The van der Waals surface area contributed by atoms with Gasteiger partial charge >= 0.3 is 0 Å². The molecule has 3 aromatic carbocycles. The molecule has 0 unspecified atom stereocenters. The van der Waals surface area contributed by atoms with Crippen LogP contribution in [0.1, 0.15) is 35.4 Å². The zero-order chi connectivity index (χ0) is 20.2. The monoisotopic (exact) mass is 386 g/mol. The van der Waals surface area contributed by atoms with Crippen LogP contribution in [-0.4, -0.2) is 16.8 Å². The van der Waals surface area contributed by atoms with Gasteiger partial charge in [0.2, 0.25) is 18.0 Å². The number of benzene rings is 3. The Bertz CT molecular complexity index is 1030. The van der Waals surface area contributed by atoms with Crippen molar-refractivity contribution in [2.75, 3.05) is 0 Å². The van der Waals surface area contributed by atoms with Crippen LogP contribution in [0.25, 0.3) is 0 Å². The van der Waals surface area contributed by atoms with Crippen LogP contribution in [0.15, 0.2) is 84.0 Å². The summed E-state index contributed by atoms with van der Waals surface area (Å²) >= 11 is 0. The Kier molecular flexibility index (Phi) is 5.29. The van der Waals surface area contributed by atoms with Crippen LogP contribution >= 0.6 is 0 Å². The molecule has 0 N–H and O–H groups in total. The lowest BCUT2D eigenvalue weighted by atomic mass is 10.1. The van der Waals surface area contributed by atoms with E-state index >= 15 is 0 Å². The summed E-state index contributed by atoms with van der Waals surface area (Å²) in [6, 6.07) is 25.4. The van der Waals surface area contributed by atoms with E-state index < -0.39 is 6.23 Å². The standard InChI is InChI=1S/C24H22N2O3/c1-17-11-13-20(14-12-17)23-25-26(18(2)27)24(29-23)21-9-6-10-22(15-21)28-16-19-7-4-3-5-8-19/h3-15,24H,16H2,1-2H3/t24-/m0/s1. The lowest BCUT2D eigenvalue weighted by Crippen LogP contribution is -2.25. The number of hydrogen-bond donors (Lipinski definition) is 0. The third-order valence-electron chi connectivity index (χ3n) is 4.66. The maximum absolute atomic E-state index is 12.2. The summed E-state index contributed by atoms with van der Waals surface area (Å²) in [4.78, 5) is 12.2. The minimum atomic E-state index is -0.621. The number of carbonyl (C=O) groups is 1. The number of carbonyl (C=O) groups excluding carboxylic acids is 1. The topological polar surface area (TPSA) is 51.1 Å². The SMILES string of the molecule is CC(=O)N1N=C(c2ccc(C)cc2)O[C@H]1c1cccc(OCc2ccccc2)c1. The molecule has 5 nitrogen and oxygen atoms in total. The number of ether oxygens (including phenoxy) is 2. The van der Waals surface area contributed by atoms with Gasteiger partial charge in [-0.1, -0.05) is 60.2 Å². The third-order valence-corrected chi connectivity index (χ3v) is 4.66. The van der Waals surface area contributed by atoms with E-state index in [9.17, 15) is 4.79 Å². The predicted octanol–water partition coefficient (Wildman–Crippen LogP) is 4.81. The molecule has 0 spiro atoms. The molecule has 0 saturated heterocycles. The molecule has 0 radical (unpaired) electrons. The van der Waals surface area contributed by atoms with E-state index in [0.717, 1.165) is 22.3 Å². The molecule has 1 amide bonds. The first-order chi connectivity index (χ1) is 14.1. The first kappa shape index (κ1) is 18.7. The lowest BCUT2D eigenvalue weighted by molar-refractivity contribution is -0.135. The maximum Gasteiger partial charge on any atom is 0.243 e. The van der Waals surface area contributed by atoms with Gasteiger partial charge in [-0.2, -0.15) is 5.01 Å². The molecule has 1 atom stereocenters. The molecule has 4 rings (SSSR count). The van der Waals surface area contributed by atoms with Crippen molar-refractivity contribution >= 4 is 11.8 Å². The van der Waals surface area contributed by atoms with Gasteiger partial charge in [0.05, 0.1) is 0 Å². The highest BCUT2D eigenvalue weighted by atomic mass is 16.5. The Hall–Kier alpha value is -3.60. The van der Waals surface area contributed by atoms with Crippen LogP contribution in [0, 0.1) is 6.92 Å². The molecular weight excluding hydrogens is 364 g/mol. The van der Waals surface area contributed by atoms with Crippen LogP contribution in [0.3, 0.4) is 0 Å². The van der Waals surface area contributed by atoms with Crippen molar-refractivity contribution in [3.8, 4) is 5.75 Å². The molecule has 1 aliphatic rings. The van der Waals surface area contributed by atoms with E-state index in [1.165, 1.54) is 11.9 Å². The van der Waals surface area contributed by atoms with Gasteiger partial charge in [-0.05, 0) is 36.8 Å². The first-order valence-electron chi connectivity index (χ1n) is 9.49. The van der Waals surface area contributed by atoms with E-state index in [-0.39, 0.29) is 5.91 Å². The highest BCUT2D eigenvalue weighted by molar-refractivity contribution is 5.96. The summed E-state index contributed by atoms with van der Waals surface area (Å²) in [5.41, 5.74) is 3.87. The van der Waals surface area contributed by atoms with Crippen molar-refractivity contribution in [1.82, 2.24) is 5.01 Å². The molecule has 146 valence electrons. The largest absolute Gasteiger partial charge is 0.489 e. The van der Waals surface area contributed by atoms with Crippen molar-refractivity contribution in [3.05, 3.63) is 101 Å². The number of hydrogen-bond acceptors (Lipinski definition) is 4. The number of aryl methyl sites for hydroxylation is 1. The highest BCUT2D eigenvalue weighted by Gasteiger charge is 2.33. The zero-order valence-corrected chi connectivity index (χ0v) is 16.4. The van der Waals surface area contributed by atoms with E-state index in [1.807, 2.05) is 85.8 Å². The molecular formula is C24H22N2O3. The predicted molar refractivity (Wildman–Crippen MR) is 111 cm³/mol. The molecule has 29 heavy (non-hydrogen) atoms. The van der Waals surface area contributed by atoms with E-state index in [0.29, 0.717) is 18.3 Å². The van der Waals surface area contributed by atoms with Crippen LogP contribution in [-0.2, 0) is 16.1 Å². The van der Waals surface area contributed by atoms with Crippen LogP contribution < -0.4 is 4.74 Å². The molecule has 0 aliphatic carbocycles. The zero-order valence-electron chi connectivity index (χ0n) is 16.4. The molecule has 0 fully saturated rings. The highest BCUT2D eigenvalue weighted by Crippen LogP contribution is 2.32. The Morgan fingerprint density at radius 1 is 1.03 bits per heavy atom. The molecule has 0 saturated carbocycles. The van der Waals surface area contributed by atoms with Crippen LogP contribution in [0.4, 0.5) is 0 Å². The Labute approximate surface area is 170 Å². The van der Waals surface area contributed by atoms with Crippen LogP contribution in [0.2, 0.25) is 0 Å². The molecule has 0 aromatic heterocycles. The van der Waals surface area contributed by atoms with Gasteiger partial charge in [0.15, 0.2) is 0 Å². The summed E-state index contributed by atoms with van der Waals surface area (Å²) in [6.45, 7) is 3.97. The van der Waals surface area contributed by atoms with Crippen molar-refractivity contribution in [2.45, 2.75) is 26.7 Å². The molecule has 3 aromatic rings. The second-order valence-electron chi connectivity index (χ2n) is 6.95. The normalized spacial score (nSPS) is 15.6. The van der Waals surface area contributed by atoms with Crippen molar-refractivity contribution < 1.29 is 14.3 Å². The van der Waals surface area contributed by atoms with Gasteiger partial charge in [-0.3, -0.25) is 4.79 Å². The Balaban J connectivity index is 1.54. The average Bonchev–Trinajstić information content (AvgIpc) is 3.20. The Morgan fingerprint density at radius 2 is 1.79 bits per heavy atom. The van der Waals surface area contributed by atoms with Crippen molar-refractivity contribution in [2.24, 2.45) is 5.10 Å². The number of hydrazone groups is 1. The minimum absolute atomic E-state index is 0.187. The smallest absolute Gasteiger partial charge is 0.243 e. The second kappa shape index (κ2) is 8.19. The second-order valence-corrected chi connectivity index (χ2v) is 6.95. The number of nitrogens with zero attached hydrogens (tertiary/aromatic N) is 2. The van der Waals surface area contributed by atoms with E-state index in [2.05, 4.69) is 5.10 Å². The molecule has 5 heteroatoms. The van der Waals surface area contributed by atoms with Crippen molar-refractivity contribution in [1.29, 1.82) is 0 Å². The van der Waals surface area contributed by atoms with E-state index in [1.54, 1.807) is 0 Å².